The van der Waals surface area contributed by atoms with E-state index in [1.165, 1.54) is 52.7 Å². The number of hydrogen-bond donors (Lipinski definition) is 0. The minimum Gasteiger partial charge on any atom is -0.217 e. The minimum absolute atomic E-state index is 0.875. The molecule has 0 aromatic rings. The van der Waals surface area contributed by atoms with E-state index in [1.54, 1.807) is 0 Å². The highest BCUT2D eigenvalue weighted by molar-refractivity contribution is 4.64. The van der Waals surface area contributed by atoms with Crippen LogP contribution in [0.2, 0.25) is 0 Å². The lowest BCUT2D eigenvalue weighted by atomic mass is 10.5. The zero-order valence-corrected chi connectivity index (χ0v) is 9.16. The average molecular weight is 184 g/mol. The molecule has 3 aliphatic heterocycles. The highest BCUT2D eigenvalue weighted by Gasteiger charge is 2.71. The molecule has 0 aromatic heterocycles. The maximum absolute atomic E-state index is 2.48. The Morgan fingerprint density at radius 2 is 0.846 bits per heavy atom. The van der Waals surface area contributed by atoms with Gasteiger partial charge in [0.2, 0.25) is 0 Å². The molecule has 3 saturated heterocycles. The molecule has 0 atom stereocenters. The largest absolute Gasteiger partial charge is 0.343 e. The summed E-state index contributed by atoms with van der Waals surface area (Å²) in [4.78, 5) is 0. The van der Waals surface area contributed by atoms with Crippen LogP contribution in [-0.4, -0.2) is 80.2 Å². The van der Waals surface area contributed by atoms with Crippen LogP contribution >= 0.6 is 0 Å². The molecule has 0 N–H and O–H groups in total. The van der Waals surface area contributed by atoms with E-state index >= 15 is 0 Å². The standard InChI is InChI=1S/C10H22N3/c1-11-4-6-12(2)8-9-13(3,7-5-11)10(11)12/h10H,4-9H2,1-3H3/q+3. The van der Waals surface area contributed by atoms with E-state index in [4.69, 9.17) is 0 Å². The van der Waals surface area contributed by atoms with Crippen molar-refractivity contribution in [3.8, 4) is 0 Å². The molecule has 3 rings (SSSR count). The van der Waals surface area contributed by atoms with Gasteiger partial charge in [0.25, 0.3) is 0 Å². The summed E-state index contributed by atoms with van der Waals surface area (Å²) in [5, 5.41) is 0. The summed E-state index contributed by atoms with van der Waals surface area (Å²) in [5.41, 5.74) is 0. The van der Waals surface area contributed by atoms with E-state index < -0.39 is 0 Å². The quantitative estimate of drug-likeness (QED) is 0.452. The van der Waals surface area contributed by atoms with Crippen molar-refractivity contribution in [2.24, 2.45) is 0 Å². The summed E-state index contributed by atoms with van der Waals surface area (Å²) in [7, 11) is 7.43. The van der Waals surface area contributed by atoms with Crippen molar-refractivity contribution < 1.29 is 13.4 Å². The van der Waals surface area contributed by atoms with Gasteiger partial charge in [-0.1, -0.05) is 0 Å². The summed E-state index contributed by atoms with van der Waals surface area (Å²) in [5.74, 6) is 0. The fourth-order valence-corrected chi connectivity index (χ4v) is 4.42. The van der Waals surface area contributed by atoms with Crippen LogP contribution in [0.4, 0.5) is 0 Å². The average Bonchev–Trinajstić information content (AvgIpc) is 2.58. The van der Waals surface area contributed by atoms with Crippen molar-refractivity contribution in [3.05, 3.63) is 0 Å². The molecule has 3 aliphatic rings. The Kier molecular flexibility index (Phi) is 1.23. The molecule has 0 aromatic carbocycles. The molecule has 0 radical (unpaired) electrons. The highest BCUT2D eigenvalue weighted by atomic mass is 15.8. The molecule has 13 heavy (non-hydrogen) atoms. The first-order valence-corrected chi connectivity index (χ1v) is 5.51. The van der Waals surface area contributed by atoms with Crippen molar-refractivity contribution in [2.45, 2.75) is 6.29 Å². The zero-order valence-electron chi connectivity index (χ0n) is 9.16. The van der Waals surface area contributed by atoms with Crippen LogP contribution in [0.15, 0.2) is 0 Å². The fourth-order valence-electron chi connectivity index (χ4n) is 4.42. The molecule has 0 aliphatic carbocycles. The van der Waals surface area contributed by atoms with Crippen molar-refractivity contribution in [1.82, 2.24) is 0 Å². The normalized spacial score (nSPS) is 64.4. The lowest BCUT2D eigenvalue weighted by Crippen LogP contribution is -2.60. The van der Waals surface area contributed by atoms with Crippen LogP contribution in [0, 0.1) is 0 Å². The van der Waals surface area contributed by atoms with Crippen LogP contribution in [0.3, 0.4) is 0 Å². The second-order valence-corrected chi connectivity index (χ2v) is 6.13. The summed E-state index contributed by atoms with van der Waals surface area (Å²) in [6.07, 6.45) is 0.875. The van der Waals surface area contributed by atoms with Gasteiger partial charge in [-0.15, -0.1) is 0 Å². The van der Waals surface area contributed by atoms with Gasteiger partial charge < -0.3 is 0 Å². The van der Waals surface area contributed by atoms with Crippen LogP contribution in [0.1, 0.15) is 0 Å². The molecular weight excluding hydrogens is 162 g/mol. The third-order valence-electron chi connectivity index (χ3n) is 5.04. The van der Waals surface area contributed by atoms with Gasteiger partial charge in [-0.25, -0.2) is 13.4 Å². The first kappa shape index (κ1) is 8.21. The second-order valence-electron chi connectivity index (χ2n) is 6.13. The molecule has 3 fully saturated rings. The summed E-state index contributed by atoms with van der Waals surface area (Å²) in [6.45, 7) is 8.47. The van der Waals surface area contributed by atoms with E-state index in [0.717, 1.165) is 6.29 Å². The Hall–Kier alpha value is -0.120. The van der Waals surface area contributed by atoms with Gasteiger partial charge >= 0.3 is 6.29 Å². The first-order valence-electron chi connectivity index (χ1n) is 5.51. The van der Waals surface area contributed by atoms with E-state index in [-0.39, 0.29) is 0 Å². The third kappa shape index (κ3) is 0.767. The molecule has 3 heteroatoms. The van der Waals surface area contributed by atoms with Gasteiger partial charge in [0.15, 0.2) is 0 Å². The van der Waals surface area contributed by atoms with Crippen molar-refractivity contribution in [3.63, 3.8) is 0 Å². The zero-order chi connectivity index (χ0) is 9.32. The van der Waals surface area contributed by atoms with E-state index in [2.05, 4.69) is 21.1 Å². The topological polar surface area (TPSA) is 0 Å². The molecule has 0 bridgehead atoms. The van der Waals surface area contributed by atoms with Crippen LogP contribution in [0.5, 0.6) is 0 Å². The summed E-state index contributed by atoms with van der Waals surface area (Å²) in [6, 6.07) is 0. The van der Waals surface area contributed by atoms with Crippen molar-refractivity contribution >= 4 is 0 Å². The van der Waals surface area contributed by atoms with Gasteiger partial charge in [-0.05, 0) is 0 Å². The molecule has 3 nitrogen and oxygen atoms in total. The Morgan fingerprint density at radius 3 is 1.08 bits per heavy atom. The van der Waals surface area contributed by atoms with Gasteiger partial charge in [0, 0.05) is 0 Å². The van der Waals surface area contributed by atoms with E-state index in [9.17, 15) is 0 Å². The molecule has 0 amide bonds. The lowest BCUT2D eigenvalue weighted by molar-refractivity contribution is -1.17. The first-order chi connectivity index (χ1) is 5.99. The number of likely N-dealkylation sites (N-methyl/N-ethyl adjacent to an activating group) is 3. The van der Waals surface area contributed by atoms with Crippen LogP contribution < -0.4 is 0 Å². The Morgan fingerprint density at radius 1 is 0.615 bits per heavy atom. The Bertz CT molecular complexity index is 206. The Labute approximate surface area is 80.9 Å². The predicted molar refractivity (Wildman–Crippen MR) is 51.5 cm³/mol. The molecule has 0 unspecified atom stereocenters. The van der Waals surface area contributed by atoms with Crippen molar-refractivity contribution in [2.75, 3.05) is 60.4 Å². The number of quaternary nitrogens is 3. The predicted octanol–water partition coefficient (Wildman–Crippen LogP) is -0.349. The van der Waals surface area contributed by atoms with Gasteiger partial charge in [-0.3, -0.25) is 0 Å². The number of hydrogen-bond acceptors (Lipinski definition) is 0. The van der Waals surface area contributed by atoms with Gasteiger partial charge in [0.05, 0.1) is 21.1 Å². The summed E-state index contributed by atoms with van der Waals surface area (Å²) < 4.78 is 4.06. The Balaban J connectivity index is 2.10. The van der Waals surface area contributed by atoms with Gasteiger partial charge in [-0.2, -0.15) is 0 Å². The minimum atomic E-state index is 0.875. The van der Waals surface area contributed by atoms with E-state index in [1.807, 2.05) is 0 Å². The SMILES string of the molecule is C[N+]12CC[N+]3(C)CC[N+](C)(CC1)C23. The van der Waals surface area contributed by atoms with Crippen LogP contribution in [0.25, 0.3) is 0 Å². The number of rotatable bonds is 0. The summed E-state index contributed by atoms with van der Waals surface area (Å²) >= 11 is 0. The lowest BCUT2D eigenvalue weighted by Gasteiger charge is -2.33. The van der Waals surface area contributed by atoms with E-state index in [0.29, 0.717) is 0 Å². The monoisotopic (exact) mass is 184 g/mol. The second kappa shape index (κ2) is 1.95. The van der Waals surface area contributed by atoms with Gasteiger partial charge in [0.1, 0.15) is 39.3 Å². The molecule has 0 saturated carbocycles. The van der Waals surface area contributed by atoms with Crippen LogP contribution in [-0.2, 0) is 0 Å². The molecule has 74 valence electrons. The number of nitrogens with zero attached hydrogens (tertiary/aromatic N) is 3. The molecule has 0 spiro atoms. The third-order valence-corrected chi connectivity index (χ3v) is 5.04. The maximum atomic E-state index is 2.48. The highest BCUT2D eigenvalue weighted by Crippen LogP contribution is 2.43. The molecular formula is C10H22N3+3. The smallest absolute Gasteiger partial charge is 0.217 e. The maximum Gasteiger partial charge on any atom is 0.343 e. The molecule has 3 heterocycles. The van der Waals surface area contributed by atoms with Crippen molar-refractivity contribution in [1.29, 1.82) is 0 Å². The fraction of sp³-hybridized carbons (Fsp3) is 1.00.